The van der Waals surface area contributed by atoms with Crippen LogP contribution in [0.2, 0.25) is 0 Å². The highest BCUT2D eigenvalue weighted by molar-refractivity contribution is 4.80. The molecule has 3 nitrogen and oxygen atoms in total. The molecule has 90 valence electrons. The highest BCUT2D eigenvalue weighted by atomic mass is 15.5. The van der Waals surface area contributed by atoms with E-state index in [4.69, 9.17) is 5.73 Å². The molecular weight excluding hydrogens is 186 g/mol. The Morgan fingerprint density at radius 1 is 1.27 bits per heavy atom. The van der Waals surface area contributed by atoms with Crippen molar-refractivity contribution < 1.29 is 0 Å². The molecule has 3 atom stereocenters. The van der Waals surface area contributed by atoms with Gasteiger partial charge in [-0.15, -0.1) is 0 Å². The van der Waals surface area contributed by atoms with E-state index in [1.54, 1.807) is 0 Å². The Hall–Kier alpha value is -0.120. The maximum atomic E-state index is 5.79. The minimum atomic E-state index is 0.410. The summed E-state index contributed by atoms with van der Waals surface area (Å²) in [6.07, 6.45) is 3.95. The van der Waals surface area contributed by atoms with Crippen molar-refractivity contribution >= 4 is 0 Å². The van der Waals surface area contributed by atoms with Crippen LogP contribution in [0.15, 0.2) is 0 Å². The van der Waals surface area contributed by atoms with Gasteiger partial charge < -0.3 is 5.73 Å². The second-order valence-corrected chi connectivity index (χ2v) is 5.25. The zero-order valence-corrected chi connectivity index (χ0v) is 10.7. The van der Waals surface area contributed by atoms with Crippen LogP contribution in [0.3, 0.4) is 0 Å². The summed E-state index contributed by atoms with van der Waals surface area (Å²) in [5.41, 5.74) is 9.41. The molecular formula is C12H27N3. The van der Waals surface area contributed by atoms with Gasteiger partial charge in [-0.05, 0) is 32.6 Å². The van der Waals surface area contributed by atoms with Crippen molar-refractivity contribution in [2.24, 2.45) is 11.7 Å². The SMILES string of the molecule is CC(C)C(CN)NN1C(C)CCCC1C. The summed E-state index contributed by atoms with van der Waals surface area (Å²) in [4.78, 5) is 0. The van der Waals surface area contributed by atoms with E-state index in [2.05, 4.69) is 38.1 Å². The molecule has 3 unspecified atom stereocenters. The minimum Gasteiger partial charge on any atom is -0.329 e. The number of rotatable bonds is 4. The molecule has 1 rings (SSSR count). The first-order valence-electron chi connectivity index (χ1n) is 6.30. The van der Waals surface area contributed by atoms with E-state index in [9.17, 15) is 0 Å². The Kier molecular flexibility index (Phi) is 5.03. The Labute approximate surface area is 94.4 Å². The molecule has 0 radical (unpaired) electrons. The molecule has 0 spiro atoms. The van der Waals surface area contributed by atoms with Gasteiger partial charge in [0.2, 0.25) is 0 Å². The summed E-state index contributed by atoms with van der Waals surface area (Å²) in [5.74, 6) is 0.594. The molecule has 1 aliphatic rings. The fraction of sp³-hybridized carbons (Fsp3) is 1.00. The zero-order chi connectivity index (χ0) is 11.4. The van der Waals surface area contributed by atoms with Crippen LogP contribution in [-0.4, -0.2) is 29.7 Å². The van der Waals surface area contributed by atoms with Crippen molar-refractivity contribution in [3.8, 4) is 0 Å². The number of nitrogens with zero attached hydrogens (tertiary/aromatic N) is 1. The summed E-state index contributed by atoms with van der Waals surface area (Å²) in [5, 5.41) is 2.42. The predicted molar refractivity (Wildman–Crippen MR) is 65.4 cm³/mol. The maximum absolute atomic E-state index is 5.79. The lowest BCUT2D eigenvalue weighted by Gasteiger charge is -2.42. The van der Waals surface area contributed by atoms with Crippen LogP contribution in [0.25, 0.3) is 0 Å². The molecule has 0 amide bonds. The van der Waals surface area contributed by atoms with Crippen LogP contribution in [0.4, 0.5) is 0 Å². The fourth-order valence-corrected chi connectivity index (χ4v) is 2.34. The topological polar surface area (TPSA) is 41.3 Å². The first-order valence-corrected chi connectivity index (χ1v) is 6.30. The molecule has 0 aromatic carbocycles. The van der Waals surface area contributed by atoms with Crippen LogP contribution in [0.5, 0.6) is 0 Å². The highest BCUT2D eigenvalue weighted by Crippen LogP contribution is 2.21. The van der Waals surface area contributed by atoms with Crippen LogP contribution in [0.1, 0.15) is 47.0 Å². The molecule has 1 aliphatic heterocycles. The van der Waals surface area contributed by atoms with Crippen molar-refractivity contribution in [2.75, 3.05) is 6.54 Å². The third-order valence-electron chi connectivity index (χ3n) is 3.57. The smallest absolute Gasteiger partial charge is 0.0360 e. The molecule has 0 aromatic heterocycles. The number of hydrazine groups is 1. The fourth-order valence-electron chi connectivity index (χ4n) is 2.34. The second-order valence-electron chi connectivity index (χ2n) is 5.25. The van der Waals surface area contributed by atoms with Crippen LogP contribution in [-0.2, 0) is 0 Å². The average molecular weight is 213 g/mol. The van der Waals surface area contributed by atoms with Crippen molar-refractivity contribution in [3.63, 3.8) is 0 Å². The molecule has 1 fully saturated rings. The molecule has 0 aromatic rings. The van der Waals surface area contributed by atoms with Gasteiger partial charge >= 0.3 is 0 Å². The minimum absolute atomic E-state index is 0.410. The summed E-state index contributed by atoms with van der Waals surface area (Å²) >= 11 is 0. The lowest BCUT2D eigenvalue weighted by molar-refractivity contribution is 0.0230. The van der Waals surface area contributed by atoms with Gasteiger partial charge in [-0.25, -0.2) is 5.01 Å². The van der Waals surface area contributed by atoms with Crippen molar-refractivity contribution in [1.29, 1.82) is 0 Å². The third kappa shape index (κ3) is 3.44. The highest BCUT2D eigenvalue weighted by Gasteiger charge is 2.26. The lowest BCUT2D eigenvalue weighted by Crippen LogP contribution is -2.58. The van der Waals surface area contributed by atoms with E-state index in [0.717, 1.165) is 0 Å². The summed E-state index contributed by atoms with van der Waals surface area (Å²) < 4.78 is 0. The van der Waals surface area contributed by atoms with E-state index in [0.29, 0.717) is 30.6 Å². The van der Waals surface area contributed by atoms with Crippen molar-refractivity contribution in [3.05, 3.63) is 0 Å². The second kappa shape index (κ2) is 5.83. The largest absolute Gasteiger partial charge is 0.329 e. The Morgan fingerprint density at radius 3 is 2.20 bits per heavy atom. The molecule has 0 aliphatic carbocycles. The standard InChI is InChI=1S/C12H27N3/c1-9(2)12(8-13)14-15-10(3)6-5-7-11(15)4/h9-12,14H,5-8,13H2,1-4H3. The van der Waals surface area contributed by atoms with Crippen molar-refractivity contribution in [1.82, 2.24) is 10.4 Å². The van der Waals surface area contributed by atoms with E-state index in [-0.39, 0.29) is 0 Å². The Balaban J connectivity index is 2.53. The van der Waals surface area contributed by atoms with Gasteiger partial charge in [0, 0.05) is 24.7 Å². The van der Waals surface area contributed by atoms with Gasteiger partial charge in [0.05, 0.1) is 0 Å². The summed E-state index contributed by atoms with van der Waals surface area (Å²) in [6, 6.07) is 1.69. The van der Waals surface area contributed by atoms with Crippen LogP contribution in [0, 0.1) is 5.92 Å². The lowest BCUT2D eigenvalue weighted by atomic mass is 9.99. The molecule has 15 heavy (non-hydrogen) atoms. The average Bonchev–Trinajstić information content (AvgIpc) is 2.17. The summed E-state index contributed by atoms with van der Waals surface area (Å²) in [6.45, 7) is 9.77. The van der Waals surface area contributed by atoms with E-state index < -0.39 is 0 Å². The third-order valence-corrected chi connectivity index (χ3v) is 3.57. The van der Waals surface area contributed by atoms with Gasteiger partial charge in [0.1, 0.15) is 0 Å². The maximum Gasteiger partial charge on any atom is 0.0360 e. The molecule has 3 heteroatoms. The zero-order valence-electron chi connectivity index (χ0n) is 10.7. The first-order chi connectivity index (χ1) is 7.06. The van der Waals surface area contributed by atoms with Gasteiger partial charge in [-0.2, -0.15) is 0 Å². The number of piperidine rings is 1. The number of hydrogen-bond acceptors (Lipinski definition) is 3. The normalized spacial score (nSPS) is 30.8. The van der Waals surface area contributed by atoms with E-state index >= 15 is 0 Å². The molecule has 1 saturated heterocycles. The van der Waals surface area contributed by atoms with Crippen LogP contribution < -0.4 is 11.2 Å². The summed E-state index contributed by atoms with van der Waals surface area (Å²) in [7, 11) is 0. The molecule has 0 saturated carbocycles. The quantitative estimate of drug-likeness (QED) is 0.747. The monoisotopic (exact) mass is 213 g/mol. The predicted octanol–water partition coefficient (Wildman–Crippen LogP) is 1.74. The Morgan fingerprint density at radius 2 is 1.80 bits per heavy atom. The van der Waals surface area contributed by atoms with Gasteiger partial charge in [-0.1, -0.05) is 20.3 Å². The van der Waals surface area contributed by atoms with E-state index in [1.165, 1.54) is 19.3 Å². The van der Waals surface area contributed by atoms with Crippen LogP contribution >= 0.6 is 0 Å². The Bertz CT molecular complexity index is 172. The van der Waals surface area contributed by atoms with Gasteiger partial charge in [0.25, 0.3) is 0 Å². The van der Waals surface area contributed by atoms with Crippen molar-refractivity contribution in [2.45, 2.75) is 65.1 Å². The number of nitrogens with one attached hydrogen (secondary N) is 1. The molecule has 3 N–H and O–H groups in total. The van der Waals surface area contributed by atoms with E-state index in [1.807, 2.05) is 0 Å². The number of nitrogens with two attached hydrogens (primary N) is 1. The van der Waals surface area contributed by atoms with Gasteiger partial charge in [-0.3, -0.25) is 5.43 Å². The molecule has 0 bridgehead atoms. The number of hydrogen-bond donors (Lipinski definition) is 2. The molecule has 1 heterocycles. The van der Waals surface area contributed by atoms with Gasteiger partial charge in [0.15, 0.2) is 0 Å². The first kappa shape index (κ1) is 12.9.